The number of likely N-dealkylation sites (N-methyl/N-ethyl adjacent to an activating group) is 1. The molecule has 3 aromatic carbocycles. The maximum Gasteiger partial charge on any atom is 0.243 e. The third-order valence-electron chi connectivity index (χ3n) is 12.2. The number of nitrogens with one attached hydrogen (secondary N) is 2. The Labute approximate surface area is 410 Å². The average molecular weight is 992 g/mol. The minimum atomic E-state index is -2.48. The molecule has 0 saturated carbocycles. The van der Waals surface area contributed by atoms with Gasteiger partial charge in [-0.2, -0.15) is 4.58 Å². The van der Waals surface area contributed by atoms with Crippen LogP contribution in [0, 0.1) is 5.92 Å². The van der Waals surface area contributed by atoms with Crippen molar-refractivity contribution in [3.05, 3.63) is 119 Å². The predicted octanol–water partition coefficient (Wildman–Crippen LogP) is 9.47. The molecule has 2 atom stereocenters. The van der Waals surface area contributed by atoms with E-state index in [2.05, 4.69) is 118 Å². The second kappa shape index (κ2) is 24.8. The Balaban J connectivity index is 1.26. The Morgan fingerprint density at radius 1 is 0.824 bits per heavy atom. The predicted molar refractivity (Wildman–Crippen MR) is 272 cm³/mol. The Hall–Kier alpha value is -4.56. The van der Waals surface area contributed by atoms with E-state index in [4.69, 9.17) is 14.8 Å². The summed E-state index contributed by atoms with van der Waals surface area (Å²) < 4.78 is 24.2. The minimum Gasteiger partial charge on any atom is -0.344 e. The Kier molecular flexibility index (Phi) is 19.9. The van der Waals surface area contributed by atoms with E-state index in [1.165, 1.54) is 17.9 Å². The number of rotatable bonds is 25. The summed E-state index contributed by atoms with van der Waals surface area (Å²) in [5, 5.41) is 32.1. The number of benzene rings is 3. The van der Waals surface area contributed by atoms with E-state index in [-0.39, 0.29) is 35.5 Å². The van der Waals surface area contributed by atoms with Crippen molar-refractivity contribution in [2.45, 2.75) is 120 Å². The van der Waals surface area contributed by atoms with Gasteiger partial charge in [-0.05, 0) is 96.6 Å². The first-order valence-corrected chi connectivity index (χ1v) is 26.8. The molecule has 5 rings (SSSR count). The van der Waals surface area contributed by atoms with E-state index in [0.717, 1.165) is 106 Å². The van der Waals surface area contributed by atoms with Gasteiger partial charge in [-0.3, -0.25) is 18.6 Å². The summed E-state index contributed by atoms with van der Waals surface area (Å²) in [5.41, 5.74) is 6.92. The molecule has 368 valence electrons. The van der Waals surface area contributed by atoms with Crippen molar-refractivity contribution in [2.24, 2.45) is 5.92 Å². The van der Waals surface area contributed by atoms with Crippen molar-refractivity contribution < 1.29 is 52.4 Å². The highest BCUT2D eigenvalue weighted by Gasteiger charge is 2.44. The van der Waals surface area contributed by atoms with Gasteiger partial charge in [-0.15, -0.1) is 8.67 Å². The van der Waals surface area contributed by atoms with Gasteiger partial charge >= 0.3 is 0 Å². The molecule has 2 aliphatic rings. The van der Waals surface area contributed by atoms with Gasteiger partial charge in [-0.1, -0.05) is 92.8 Å². The van der Waals surface area contributed by atoms with Gasteiger partial charge in [0.1, 0.15) is 12.6 Å². The molecule has 2 amide bonds. The van der Waals surface area contributed by atoms with E-state index < -0.39 is 33.3 Å². The van der Waals surface area contributed by atoms with Crippen molar-refractivity contribution in [2.75, 3.05) is 30.5 Å². The Morgan fingerprint density at radius 3 is 2.10 bits per heavy atom. The molecule has 0 unspecified atom stereocenters. The molecule has 2 aliphatic heterocycles. The molecule has 2 heterocycles. The average Bonchev–Trinajstić information content (AvgIpc) is 3.63. The summed E-state index contributed by atoms with van der Waals surface area (Å²) in [6.45, 7) is 16.1. The fourth-order valence-corrected chi connectivity index (χ4v) is 10.4. The Morgan fingerprint density at radius 2 is 1.47 bits per heavy atom. The summed E-state index contributed by atoms with van der Waals surface area (Å²) in [4.78, 5) is 44.0. The molecule has 0 bridgehead atoms. The molecule has 0 fully saturated rings. The zero-order valence-electron chi connectivity index (χ0n) is 40.5. The van der Waals surface area contributed by atoms with Gasteiger partial charge in [0.2, 0.25) is 17.5 Å². The van der Waals surface area contributed by atoms with Crippen molar-refractivity contribution in [3.63, 3.8) is 0 Å². The van der Waals surface area contributed by atoms with E-state index in [9.17, 15) is 18.6 Å². The van der Waals surface area contributed by atoms with Crippen LogP contribution < -0.4 is 15.5 Å². The van der Waals surface area contributed by atoms with E-state index >= 15 is 0 Å². The molecule has 0 spiro atoms. The van der Waals surface area contributed by atoms with Crippen LogP contribution in [-0.4, -0.2) is 85.7 Å². The minimum absolute atomic E-state index is 0.239. The first kappa shape index (κ1) is 54.4. The number of fused-ring (bicyclic) bond motifs is 2. The number of carbonyl (C=O) groups excluding carboxylic acids is 3. The van der Waals surface area contributed by atoms with Gasteiger partial charge in [0.25, 0.3) is 0 Å². The maximum absolute atomic E-state index is 13.7. The SMILES string of the molecule is CCN1/C(=C/C=C/C=C/C2=[N+](CCCCCCC(=O)N[C@@H](Cc3ccccc3)C(=O)N[C@H](C(=O)C=S(C)(C)=O)C(C)C)c3ccc(SOOO)cc3C2(C)C)C(C)(C)c2cc(SOOO)ccc21. The van der Waals surface area contributed by atoms with Gasteiger partial charge in [0.05, 0.1) is 35.5 Å². The van der Waals surface area contributed by atoms with Gasteiger partial charge < -0.3 is 15.5 Å². The van der Waals surface area contributed by atoms with Crippen molar-refractivity contribution >= 4 is 73.7 Å². The topological polar surface area (TPSA) is 176 Å². The molecule has 0 aromatic heterocycles. The highest BCUT2D eigenvalue weighted by Crippen LogP contribution is 2.49. The zero-order chi connectivity index (χ0) is 49.6. The number of Topliss-reactive ketones (excluding diaryl/α,β-unsaturated/α-hetero) is 1. The van der Waals surface area contributed by atoms with Gasteiger partial charge in [-0.25, -0.2) is 10.5 Å². The second-order valence-electron chi connectivity index (χ2n) is 18.7. The second-order valence-corrected chi connectivity index (χ2v) is 23.1. The molecule has 4 N–H and O–H groups in total. The number of hydrogen-bond donors (Lipinski definition) is 4. The Bertz CT molecular complexity index is 2500. The highest BCUT2D eigenvalue weighted by atomic mass is 32.2. The van der Waals surface area contributed by atoms with Gasteiger partial charge in [0, 0.05) is 88.0 Å². The molecule has 3 aromatic rings. The lowest BCUT2D eigenvalue weighted by Crippen LogP contribution is -2.54. The number of unbranched alkanes of at least 4 members (excludes halogenated alkanes) is 3. The van der Waals surface area contributed by atoms with Crippen molar-refractivity contribution in [1.82, 2.24) is 10.6 Å². The molecule has 0 aliphatic carbocycles. The maximum atomic E-state index is 13.7. The van der Waals surface area contributed by atoms with Crippen LogP contribution in [0.4, 0.5) is 11.4 Å². The number of hydrogen-bond acceptors (Lipinski definition) is 13. The van der Waals surface area contributed by atoms with Crippen LogP contribution in [-0.2, 0) is 59.9 Å². The first-order valence-electron chi connectivity index (χ1n) is 22.8. The lowest BCUT2D eigenvalue weighted by Gasteiger charge is -2.25. The zero-order valence-corrected chi connectivity index (χ0v) is 42.9. The first-order chi connectivity index (χ1) is 32.3. The van der Waals surface area contributed by atoms with Crippen LogP contribution in [0.2, 0.25) is 0 Å². The monoisotopic (exact) mass is 991 g/mol. The summed E-state index contributed by atoms with van der Waals surface area (Å²) in [6, 6.07) is 19.7. The largest absolute Gasteiger partial charge is 0.344 e. The van der Waals surface area contributed by atoms with Crippen LogP contribution in [0.3, 0.4) is 0 Å². The smallest absolute Gasteiger partial charge is 0.243 e. The number of ketones is 1. The summed E-state index contributed by atoms with van der Waals surface area (Å²) in [6.07, 6.45) is 17.1. The van der Waals surface area contributed by atoms with Crippen molar-refractivity contribution in [3.8, 4) is 0 Å². The lowest BCUT2D eigenvalue weighted by atomic mass is 9.81. The standard InChI is InChI=1S/C51H66N4O10S3/c1-10-54-42-28-26-37(66-64-62-59)32-39(42)50(4,5)45(54)23-17-14-18-24-46-51(6,7)40-33-38(67-65-63-60)27-29-43(40)55(46)30-20-12-11-19-25-47(57)52-41(31-36-21-15-13-16-22-36)49(58)53-48(35(2)3)44(56)34-68(8,9)61/h13-18,21-24,26-29,32-35,41,48H,10-12,19-20,25,30-31H2,1-9H3,(H3-,52,53,57,58,59,60)/p+1/t41-,48-/m0/s1. The third-order valence-corrected chi connectivity index (χ3v) is 14.2. The quantitative estimate of drug-likeness (QED) is 0.0120. The number of carbonyl (C=O) groups is 3. The van der Waals surface area contributed by atoms with Crippen LogP contribution in [0.1, 0.15) is 97.3 Å². The number of nitrogens with zero attached hydrogens (tertiary/aromatic N) is 2. The fraction of sp³-hybridized carbons (Fsp3) is 0.431. The van der Waals surface area contributed by atoms with E-state index in [1.54, 1.807) is 0 Å². The number of amides is 2. The molecule has 0 radical (unpaired) electrons. The van der Waals surface area contributed by atoms with E-state index in [0.29, 0.717) is 6.42 Å². The molecule has 68 heavy (non-hydrogen) atoms. The molecular formula is C51H67N4O10S3+. The summed E-state index contributed by atoms with van der Waals surface area (Å²) in [7, 11) is -2.48. The number of allylic oxidation sites excluding steroid dienone is 6. The summed E-state index contributed by atoms with van der Waals surface area (Å²) in [5.74, 6) is -1.38. The number of anilines is 1. The van der Waals surface area contributed by atoms with Crippen LogP contribution in [0.5, 0.6) is 0 Å². The molecular weight excluding hydrogens is 925 g/mol. The van der Waals surface area contributed by atoms with Crippen LogP contribution in [0.25, 0.3) is 0 Å². The fourth-order valence-electron chi connectivity index (χ4n) is 8.87. The van der Waals surface area contributed by atoms with Crippen molar-refractivity contribution in [1.29, 1.82) is 0 Å². The van der Waals surface area contributed by atoms with Crippen LogP contribution >= 0.6 is 24.1 Å². The lowest BCUT2D eigenvalue weighted by molar-refractivity contribution is -0.438. The third kappa shape index (κ3) is 14.3. The van der Waals surface area contributed by atoms with Gasteiger partial charge in [0.15, 0.2) is 11.5 Å². The molecule has 14 nitrogen and oxygen atoms in total. The van der Waals surface area contributed by atoms with Crippen LogP contribution in [0.15, 0.2) is 113 Å². The molecule has 0 saturated heterocycles. The summed E-state index contributed by atoms with van der Waals surface area (Å²) >= 11 is 1.87. The van der Waals surface area contributed by atoms with E-state index in [1.807, 2.05) is 62.4 Å². The highest BCUT2D eigenvalue weighted by molar-refractivity contribution is 8.01. The molecule has 17 heteroatoms. The normalized spacial score (nSPS) is 16.7.